The fraction of sp³-hybridized carbons (Fsp3) is 0.333. The van der Waals surface area contributed by atoms with Crippen LogP contribution in [0.2, 0.25) is 0 Å². The van der Waals surface area contributed by atoms with Crippen molar-refractivity contribution in [1.82, 2.24) is 20.2 Å². The van der Waals surface area contributed by atoms with Gasteiger partial charge >= 0.3 is 6.09 Å². The summed E-state index contributed by atoms with van der Waals surface area (Å²) < 4.78 is 18.5. The number of amides is 4. The fourth-order valence-corrected chi connectivity index (χ4v) is 7.60. The van der Waals surface area contributed by atoms with Crippen molar-refractivity contribution in [2.75, 3.05) is 50.3 Å². The number of piperidine rings is 1. The number of carbonyl (C=O) groups excluding carboxylic acids is 4. The van der Waals surface area contributed by atoms with Crippen molar-refractivity contribution in [1.29, 1.82) is 0 Å². The van der Waals surface area contributed by atoms with Gasteiger partial charge < -0.3 is 24.0 Å². The summed E-state index contributed by atoms with van der Waals surface area (Å²) in [6, 6.07) is 22.6. The van der Waals surface area contributed by atoms with Crippen LogP contribution < -0.4 is 19.9 Å². The average Bonchev–Trinajstić information content (AvgIpc) is 3.74. The molecular formula is C42H44N6O7S. The van der Waals surface area contributed by atoms with Crippen molar-refractivity contribution in [3.8, 4) is 27.4 Å². The molecule has 0 aliphatic carbocycles. The van der Waals surface area contributed by atoms with Crippen LogP contribution in [0.25, 0.3) is 31.9 Å². The van der Waals surface area contributed by atoms with Gasteiger partial charge in [-0.3, -0.25) is 24.6 Å². The molecule has 3 aromatic carbocycles. The molecular weight excluding hydrogens is 733 g/mol. The largest absolute Gasteiger partial charge is 0.491 e. The monoisotopic (exact) mass is 776 g/mol. The van der Waals surface area contributed by atoms with Crippen LogP contribution in [0.1, 0.15) is 49.5 Å². The van der Waals surface area contributed by atoms with E-state index in [0.717, 1.165) is 43.3 Å². The minimum absolute atomic E-state index is 0.200. The molecule has 290 valence electrons. The topological polar surface area (TPSA) is 144 Å². The lowest BCUT2D eigenvalue weighted by atomic mass is 10.0. The molecule has 13 nitrogen and oxygen atoms in total. The van der Waals surface area contributed by atoms with E-state index in [1.165, 1.54) is 4.90 Å². The highest BCUT2D eigenvalue weighted by Crippen LogP contribution is 2.35. The minimum Gasteiger partial charge on any atom is -0.491 e. The number of hydrogen-bond acceptors (Lipinski definition) is 11. The van der Waals surface area contributed by atoms with E-state index in [9.17, 15) is 19.2 Å². The Morgan fingerprint density at radius 1 is 0.929 bits per heavy atom. The first-order valence-electron chi connectivity index (χ1n) is 18.5. The summed E-state index contributed by atoms with van der Waals surface area (Å²) in [5, 5.41) is 3.19. The first-order chi connectivity index (χ1) is 26.8. The number of rotatable bonds is 12. The van der Waals surface area contributed by atoms with Gasteiger partial charge in [0.2, 0.25) is 11.8 Å². The number of nitrogens with one attached hydrogen (secondary N) is 1. The van der Waals surface area contributed by atoms with E-state index >= 15 is 0 Å². The van der Waals surface area contributed by atoms with Crippen molar-refractivity contribution in [3.63, 3.8) is 0 Å². The Bertz CT molecular complexity index is 2270. The summed E-state index contributed by atoms with van der Waals surface area (Å²) in [4.78, 5) is 64.8. The van der Waals surface area contributed by atoms with Crippen LogP contribution in [0.15, 0.2) is 79.0 Å². The molecule has 1 N–H and O–H groups in total. The van der Waals surface area contributed by atoms with Gasteiger partial charge in [0.1, 0.15) is 34.8 Å². The number of thiazole rings is 1. The van der Waals surface area contributed by atoms with E-state index < -0.39 is 23.6 Å². The van der Waals surface area contributed by atoms with Crippen LogP contribution in [0.3, 0.4) is 0 Å². The minimum atomic E-state index is -0.693. The van der Waals surface area contributed by atoms with Gasteiger partial charge in [-0.2, -0.15) is 0 Å². The molecule has 5 aromatic rings. The highest BCUT2D eigenvalue weighted by atomic mass is 32.1. The molecule has 1 unspecified atom stereocenters. The summed E-state index contributed by atoms with van der Waals surface area (Å²) >= 11 is 1.55. The lowest BCUT2D eigenvalue weighted by Crippen LogP contribution is -2.52. The third-order valence-corrected chi connectivity index (χ3v) is 10.5. The molecule has 7 rings (SSSR count). The van der Waals surface area contributed by atoms with Crippen molar-refractivity contribution in [3.05, 3.63) is 90.1 Å². The zero-order valence-corrected chi connectivity index (χ0v) is 32.9. The van der Waals surface area contributed by atoms with Crippen molar-refractivity contribution >= 4 is 56.9 Å². The van der Waals surface area contributed by atoms with E-state index in [1.54, 1.807) is 34.4 Å². The lowest BCUT2D eigenvalue weighted by molar-refractivity contribution is -0.136. The van der Waals surface area contributed by atoms with Gasteiger partial charge in [-0.15, -0.1) is 11.3 Å². The zero-order valence-electron chi connectivity index (χ0n) is 32.0. The standard InChI is InChI=1S/C42H44N6O7S/c1-42(2,3)55-41(52)47(18-19-53-20-21-54-31-12-13-32-29(22-31)25-48(40(32)51)34-15-17-37(49)45-38(34)50)30-11-14-33-35(23-30)56-39(44-33)27-8-6-26(7-9-27)28-10-16-36(43-24-28)46(4)5/h6-14,16,22-24,34H,15,17-21,25H2,1-5H3,(H,45,49,50). The van der Waals surface area contributed by atoms with Gasteiger partial charge in [-0.1, -0.05) is 24.3 Å². The van der Waals surface area contributed by atoms with Gasteiger partial charge in [-0.05, 0) is 86.8 Å². The van der Waals surface area contributed by atoms with Crippen LogP contribution in [-0.2, 0) is 25.6 Å². The molecule has 4 heterocycles. The Morgan fingerprint density at radius 2 is 1.70 bits per heavy atom. The normalized spacial score (nSPS) is 15.5. The Kier molecular flexibility index (Phi) is 11.0. The van der Waals surface area contributed by atoms with Gasteiger partial charge in [0.25, 0.3) is 5.91 Å². The second-order valence-corrected chi connectivity index (χ2v) is 15.9. The quantitative estimate of drug-likeness (QED) is 0.108. The summed E-state index contributed by atoms with van der Waals surface area (Å²) in [5.41, 5.74) is 5.19. The number of hydrogen-bond donors (Lipinski definition) is 1. The second kappa shape index (κ2) is 16.1. The molecule has 56 heavy (non-hydrogen) atoms. The molecule has 0 spiro atoms. The molecule has 1 fully saturated rings. The number of imide groups is 1. The second-order valence-electron chi connectivity index (χ2n) is 14.9. The maximum absolute atomic E-state index is 13.4. The number of ether oxygens (including phenoxy) is 3. The molecule has 0 radical (unpaired) electrons. The van der Waals surface area contributed by atoms with Crippen LogP contribution in [0, 0.1) is 0 Å². The third-order valence-electron chi connectivity index (χ3n) is 9.42. The van der Waals surface area contributed by atoms with Crippen LogP contribution in [-0.4, -0.2) is 90.8 Å². The SMILES string of the molecule is CN(C)c1ccc(-c2ccc(-c3nc4ccc(N(CCOCCOc5ccc6c(c5)CN(C5CCC(=O)NC5=O)C6=O)C(=O)OC(C)(C)C)cc4s3)cc2)cn1. The van der Waals surface area contributed by atoms with Crippen LogP contribution in [0.5, 0.6) is 5.75 Å². The third kappa shape index (κ3) is 8.66. The van der Waals surface area contributed by atoms with Gasteiger partial charge in [0.05, 0.1) is 30.0 Å². The fourth-order valence-electron chi connectivity index (χ4n) is 6.59. The summed E-state index contributed by atoms with van der Waals surface area (Å²) in [6.07, 6.45) is 1.90. The smallest absolute Gasteiger partial charge is 0.414 e. The number of aromatic nitrogens is 2. The molecule has 2 aliphatic heterocycles. The molecule has 2 aliphatic rings. The van der Waals surface area contributed by atoms with Gasteiger partial charge in [0.15, 0.2) is 0 Å². The predicted molar refractivity (Wildman–Crippen MR) is 215 cm³/mol. The van der Waals surface area contributed by atoms with Crippen molar-refractivity contribution in [2.24, 2.45) is 0 Å². The highest BCUT2D eigenvalue weighted by Gasteiger charge is 2.39. The van der Waals surface area contributed by atoms with Gasteiger partial charge in [0, 0.05) is 55.6 Å². The Morgan fingerprint density at radius 3 is 2.41 bits per heavy atom. The van der Waals surface area contributed by atoms with Crippen LogP contribution in [0.4, 0.5) is 16.3 Å². The number of nitrogens with zero attached hydrogens (tertiary/aromatic N) is 5. The van der Waals surface area contributed by atoms with Crippen LogP contribution >= 0.6 is 11.3 Å². The van der Waals surface area contributed by atoms with Crippen molar-refractivity contribution < 1.29 is 33.4 Å². The van der Waals surface area contributed by atoms with Crippen molar-refractivity contribution in [2.45, 2.75) is 51.8 Å². The van der Waals surface area contributed by atoms with E-state index in [4.69, 9.17) is 19.2 Å². The molecule has 4 amide bonds. The Hall–Kier alpha value is -5.86. The number of anilines is 2. The average molecular weight is 777 g/mol. The maximum Gasteiger partial charge on any atom is 0.414 e. The Labute approximate surface area is 329 Å². The first-order valence-corrected chi connectivity index (χ1v) is 19.3. The summed E-state index contributed by atoms with van der Waals surface area (Å²) in [7, 11) is 3.93. The van der Waals surface area contributed by atoms with E-state index in [0.29, 0.717) is 23.4 Å². The lowest BCUT2D eigenvalue weighted by Gasteiger charge is -2.29. The number of carbonyl (C=O) groups is 4. The number of benzene rings is 3. The molecule has 0 saturated carbocycles. The highest BCUT2D eigenvalue weighted by molar-refractivity contribution is 7.21. The number of fused-ring (bicyclic) bond motifs is 2. The zero-order chi connectivity index (χ0) is 39.6. The first kappa shape index (κ1) is 38.4. The van der Waals surface area contributed by atoms with E-state index in [-0.39, 0.29) is 51.1 Å². The predicted octanol–water partition coefficient (Wildman–Crippen LogP) is 6.69. The van der Waals surface area contributed by atoms with E-state index in [2.05, 4.69) is 40.6 Å². The summed E-state index contributed by atoms with van der Waals surface area (Å²) in [5.74, 6) is 0.468. The van der Waals surface area contributed by atoms with Gasteiger partial charge in [-0.25, -0.2) is 14.8 Å². The molecule has 2 aromatic heterocycles. The molecule has 1 atom stereocenters. The molecule has 0 bridgehead atoms. The number of pyridine rings is 1. The van der Waals surface area contributed by atoms with E-state index in [1.807, 2.05) is 70.2 Å². The molecule has 1 saturated heterocycles. The molecule has 14 heteroatoms. The maximum atomic E-state index is 13.4. The Balaban J connectivity index is 0.957. The summed E-state index contributed by atoms with van der Waals surface area (Å²) in [6.45, 7) is 6.73.